The second kappa shape index (κ2) is 6.69. The molecule has 0 saturated carbocycles. The normalized spacial score (nSPS) is 10.0. The Bertz CT molecular complexity index is 629. The Morgan fingerprint density at radius 2 is 2.05 bits per heavy atom. The predicted octanol–water partition coefficient (Wildman–Crippen LogP) is 2.91. The van der Waals surface area contributed by atoms with Crippen molar-refractivity contribution in [3.05, 3.63) is 47.9 Å². The highest BCUT2D eigenvalue weighted by Gasteiger charge is 2.13. The fraction of sp³-hybridized carbons (Fsp3) is 0.200. The summed E-state index contributed by atoms with van der Waals surface area (Å²) in [6, 6.07) is 8.08. The van der Waals surface area contributed by atoms with Crippen LogP contribution in [0.25, 0.3) is 0 Å². The number of ether oxygens (including phenoxy) is 1. The first-order chi connectivity index (χ1) is 10.1. The van der Waals surface area contributed by atoms with Crippen LogP contribution < -0.4 is 15.4 Å². The van der Waals surface area contributed by atoms with Crippen LogP contribution in [-0.2, 0) is 0 Å². The van der Waals surface area contributed by atoms with Gasteiger partial charge in [0.25, 0.3) is 5.91 Å². The molecule has 1 amide bonds. The molecule has 0 radical (unpaired) electrons. The van der Waals surface area contributed by atoms with Crippen LogP contribution >= 0.6 is 0 Å². The van der Waals surface area contributed by atoms with Gasteiger partial charge >= 0.3 is 0 Å². The van der Waals surface area contributed by atoms with Gasteiger partial charge in [-0.25, -0.2) is 9.37 Å². The molecule has 0 unspecified atom stereocenters. The number of nitrogens with one attached hydrogen (secondary N) is 2. The van der Waals surface area contributed by atoms with Gasteiger partial charge in [-0.2, -0.15) is 0 Å². The number of carbonyl (C=O) groups excluding carboxylic acids is 1. The summed E-state index contributed by atoms with van der Waals surface area (Å²) in [4.78, 5) is 16.0. The molecule has 1 aromatic carbocycles. The molecule has 2 rings (SSSR count). The Labute approximate surface area is 122 Å². The first kappa shape index (κ1) is 14.8. The fourth-order valence-electron chi connectivity index (χ4n) is 1.81. The van der Waals surface area contributed by atoms with E-state index in [1.165, 1.54) is 0 Å². The highest BCUT2D eigenvalue weighted by atomic mass is 19.1. The second-order valence-corrected chi connectivity index (χ2v) is 4.21. The van der Waals surface area contributed by atoms with Gasteiger partial charge in [-0.15, -0.1) is 0 Å². The van der Waals surface area contributed by atoms with Crippen LogP contribution in [0.1, 0.15) is 17.3 Å². The van der Waals surface area contributed by atoms with Gasteiger partial charge < -0.3 is 15.4 Å². The van der Waals surface area contributed by atoms with Gasteiger partial charge in [0.1, 0.15) is 17.4 Å². The van der Waals surface area contributed by atoms with Crippen molar-refractivity contribution in [2.45, 2.75) is 6.92 Å². The number of hydrogen-bond acceptors (Lipinski definition) is 4. The number of carbonyl (C=O) groups is 1. The average molecular weight is 289 g/mol. The van der Waals surface area contributed by atoms with Crippen LogP contribution in [0.3, 0.4) is 0 Å². The molecule has 5 nitrogen and oxygen atoms in total. The summed E-state index contributed by atoms with van der Waals surface area (Å²) in [5.74, 6) is 0.0417. The molecule has 0 aliphatic heterocycles. The lowest BCUT2D eigenvalue weighted by atomic mass is 10.2. The molecule has 0 atom stereocenters. The fourth-order valence-corrected chi connectivity index (χ4v) is 1.81. The van der Waals surface area contributed by atoms with Gasteiger partial charge in [-0.05, 0) is 37.3 Å². The predicted molar refractivity (Wildman–Crippen MR) is 79.3 cm³/mol. The van der Waals surface area contributed by atoms with Crippen LogP contribution in [-0.4, -0.2) is 24.5 Å². The highest BCUT2D eigenvalue weighted by Crippen LogP contribution is 2.18. The van der Waals surface area contributed by atoms with Crippen molar-refractivity contribution in [3.63, 3.8) is 0 Å². The monoisotopic (exact) mass is 289 g/mol. The smallest absolute Gasteiger partial charge is 0.259 e. The van der Waals surface area contributed by atoms with E-state index in [0.717, 1.165) is 18.0 Å². The van der Waals surface area contributed by atoms with E-state index in [0.29, 0.717) is 18.1 Å². The molecule has 2 N–H and O–H groups in total. The summed E-state index contributed by atoms with van der Waals surface area (Å²) in [7, 11) is 1.62. The maximum absolute atomic E-state index is 13.2. The van der Waals surface area contributed by atoms with Crippen LogP contribution in [0, 0.1) is 5.82 Å². The lowest BCUT2D eigenvalue weighted by Crippen LogP contribution is -2.15. The Hall–Kier alpha value is -2.63. The van der Waals surface area contributed by atoms with Crippen molar-refractivity contribution in [2.75, 3.05) is 24.3 Å². The number of pyridine rings is 1. The van der Waals surface area contributed by atoms with Crippen molar-refractivity contribution in [2.24, 2.45) is 0 Å². The van der Waals surface area contributed by atoms with E-state index in [-0.39, 0.29) is 5.56 Å². The number of benzene rings is 1. The summed E-state index contributed by atoms with van der Waals surface area (Å²) in [5, 5.41) is 5.45. The minimum Gasteiger partial charge on any atom is -0.494 e. The maximum Gasteiger partial charge on any atom is 0.259 e. The molecule has 0 fully saturated rings. The number of anilines is 2. The van der Waals surface area contributed by atoms with E-state index < -0.39 is 11.7 Å². The second-order valence-electron chi connectivity index (χ2n) is 4.21. The summed E-state index contributed by atoms with van der Waals surface area (Å²) < 4.78 is 18.6. The van der Waals surface area contributed by atoms with E-state index in [1.54, 1.807) is 31.3 Å². The topological polar surface area (TPSA) is 63.2 Å². The zero-order valence-corrected chi connectivity index (χ0v) is 11.8. The molecule has 0 spiro atoms. The molecule has 0 aliphatic carbocycles. The first-order valence-electron chi connectivity index (χ1n) is 6.51. The molecule has 2 aromatic rings. The summed E-state index contributed by atoms with van der Waals surface area (Å²) in [6.07, 6.45) is 1.06. The van der Waals surface area contributed by atoms with Crippen LogP contribution in [0.5, 0.6) is 5.75 Å². The standard InChI is InChI=1S/C15H16FN3O2/c1-3-21-12-6-4-11(5-7-12)19-15(20)13-8-10(16)9-18-14(13)17-2/h4-9H,3H2,1-2H3,(H,17,18)(H,19,20). The zero-order chi connectivity index (χ0) is 15.2. The molecule has 0 saturated heterocycles. The molecule has 110 valence electrons. The van der Waals surface area contributed by atoms with Gasteiger partial charge in [0.15, 0.2) is 0 Å². The van der Waals surface area contributed by atoms with Crippen molar-refractivity contribution in [3.8, 4) is 5.75 Å². The van der Waals surface area contributed by atoms with Crippen molar-refractivity contribution >= 4 is 17.4 Å². The van der Waals surface area contributed by atoms with E-state index in [2.05, 4.69) is 15.6 Å². The van der Waals surface area contributed by atoms with Crippen LogP contribution in [0.2, 0.25) is 0 Å². The largest absolute Gasteiger partial charge is 0.494 e. The van der Waals surface area contributed by atoms with Gasteiger partial charge in [0, 0.05) is 12.7 Å². The average Bonchev–Trinajstić information content (AvgIpc) is 2.49. The summed E-state index contributed by atoms with van der Waals surface area (Å²) in [6.45, 7) is 2.47. The lowest BCUT2D eigenvalue weighted by molar-refractivity contribution is 0.102. The van der Waals surface area contributed by atoms with Crippen LogP contribution in [0.4, 0.5) is 15.9 Å². The molecule has 6 heteroatoms. The third-order valence-electron chi connectivity index (χ3n) is 2.76. The molecule has 21 heavy (non-hydrogen) atoms. The summed E-state index contributed by atoms with van der Waals surface area (Å²) >= 11 is 0. The SMILES string of the molecule is CCOc1ccc(NC(=O)c2cc(F)cnc2NC)cc1. The van der Waals surface area contributed by atoms with E-state index in [9.17, 15) is 9.18 Å². The minimum absolute atomic E-state index is 0.145. The Kier molecular flexibility index (Phi) is 4.71. The van der Waals surface area contributed by atoms with E-state index >= 15 is 0 Å². The Balaban J connectivity index is 2.15. The number of aromatic nitrogens is 1. The number of halogens is 1. The molecular weight excluding hydrogens is 273 g/mol. The third-order valence-corrected chi connectivity index (χ3v) is 2.76. The summed E-state index contributed by atoms with van der Waals surface area (Å²) in [5.41, 5.74) is 0.737. The first-order valence-corrected chi connectivity index (χ1v) is 6.51. The Morgan fingerprint density at radius 1 is 1.33 bits per heavy atom. The number of rotatable bonds is 5. The highest BCUT2D eigenvalue weighted by molar-refractivity contribution is 6.07. The van der Waals surface area contributed by atoms with Crippen LogP contribution in [0.15, 0.2) is 36.5 Å². The maximum atomic E-state index is 13.2. The third kappa shape index (κ3) is 3.68. The van der Waals surface area contributed by atoms with E-state index in [1.807, 2.05) is 6.92 Å². The molecule has 1 aromatic heterocycles. The van der Waals surface area contributed by atoms with Gasteiger partial charge in [0.2, 0.25) is 0 Å². The lowest BCUT2D eigenvalue weighted by Gasteiger charge is -2.10. The minimum atomic E-state index is -0.564. The number of amides is 1. The Morgan fingerprint density at radius 3 is 2.67 bits per heavy atom. The molecular formula is C15H16FN3O2. The zero-order valence-electron chi connectivity index (χ0n) is 11.8. The van der Waals surface area contributed by atoms with Gasteiger partial charge in [-0.3, -0.25) is 4.79 Å². The van der Waals surface area contributed by atoms with E-state index in [4.69, 9.17) is 4.74 Å². The molecule has 0 aliphatic rings. The van der Waals surface area contributed by atoms with Crippen molar-refractivity contribution < 1.29 is 13.9 Å². The molecule has 1 heterocycles. The van der Waals surface area contributed by atoms with Gasteiger partial charge in [0.05, 0.1) is 18.4 Å². The number of nitrogens with zero attached hydrogens (tertiary/aromatic N) is 1. The number of hydrogen-bond donors (Lipinski definition) is 2. The van der Waals surface area contributed by atoms with Gasteiger partial charge in [-0.1, -0.05) is 0 Å². The quantitative estimate of drug-likeness (QED) is 0.888. The molecule has 0 bridgehead atoms. The van der Waals surface area contributed by atoms with Crippen molar-refractivity contribution in [1.29, 1.82) is 0 Å². The van der Waals surface area contributed by atoms with Crippen molar-refractivity contribution in [1.82, 2.24) is 4.98 Å².